The number of allylic oxidation sites excluding steroid dienone is 2. The highest BCUT2D eigenvalue weighted by molar-refractivity contribution is 8.02. The van der Waals surface area contributed by atoms with Crippen molar-refractivity contribution in [2.24, 2.45) is 4.99 Å². The molecule has 0 unspecified atom stereocenters. The van der Waals surface area contributed by atoms with Crippen LogP contribution in [0.2, 0.25) is 0 Å². The number of ether oxygens (including phenoxy) is 1. The molecule has 0 atom stereocenters. The number of carbonyl (C=O) groups is 1. The average molecular weight is 290 g/mol. The minimum atomic E-state index is -0.441. The molecule has 0 N–H and O–H groups in total. The van der Waals surface area contributed by atoms with E-state index in [2.05, 4.69) is 11.9 Å². The van der Waals surface area contributed by atoms with E-state index in [4.69, 9.17) is 16.3 Å². The fourth-order valence-corrected chi connectivity index (χ4v) is 2.14. The van der Waals surface area contributed by atoms with Gasteiger partial charge in [-0.15, -0.1) is 11.8 Å². The SMILES string of the molecule is C/C=C(C(=O)OCC)\C(Cl)=N/C(SC)=C(C)CC. The Morgan fingerprint density at radius 3 is 2.44 bits per heavy atom. The van der Waals surface area contributed by atoms with E-state index in [9.17, 15) is 4.79 Å². The maximum Gasteiger partial charge on any atom is 0.340 e. The van der Waals surface area contributed by atoms with Crippen molar-refractivity contribution in [3.63, 3.8) is 0 Å². The molecular weight excluding hydrogens is 270 g/mol. The van der Waals surface area contributed by atoms with E-state index in [0.717, 1.165) is 17.0 Å². The van der Waals surface area contributed by atoms with Crippen molar-refractivity contribution in [2.45, 2.75) is 34.1 Å². The quantitative estimate of drug-likeness (QED) is 0.419. The third kappa shape index (κ3) is 5.27. The van der Waals surface area contributed by atoms with E-state index >= 15 is 0 Å². The lowest BCUT2D eigenvalue weighted by atomic mass is 10.2. The average Bonchev–Trinajstić information content (AvgIpc) is 2.36. The Bertz CT molecular complexity index is 386. The fraction of sp³-hybridized carbons (Fsp3) is 0.538. The van der Waals surface area contributed by atoms with Crippen LogP contribution in [0.15, 0.2) is 27.2 Å². The first-order chi connectivity index (χ1) is 8.51. The zero-order valence-electron chi connectivity index (χ0n) is 11.5. The van der Waals surface area contributed by atoms with Crippen LogP contribution in [0.25, 0.3) is 0 Å². The van der Waals surface area contributed by atoms with Crippen molar-refractivity contribution >= 4 is 34.5 Å². The van der Waals surface area contributed by atoms with Gasteiger partial charge in [0.1, 0.15) is 5.17 Å². The number of hydrogen-bond acceptors (Lipinski definition) is 4. The highest BCUT2D eigenvalue weighted by Crippen LogP contribution is 2.22. The van der Waals surface area contributed by atoms with Crippen LogP contribution in [0.1, 0.15) is 34.1 Å². The van der Waals surface area contributed by atoms with Crippen LogP contribution >= 0.6 is 23.4 Å². The summed E-state index contributed by atoms with van der Waals surface area (Å²) in [6.45, 7) is 7.86. The molecule has 0 saturated heterocycles. The Hall–Kier alpha value is -0.740. The van der Waals surface area contributed by atoms with E-state index in [-0.39, 0.29) is 5.17 Å². The van der Waals surface area contributed by atoms with Crippen LogP contribution in [-0.4, -0.2) is 24.0 Å². The summed E-state index contributed by atoms with van der Waals surface area (Å²) in [7, 11) is 0. The van der Waals surface area contributed by atoms with Crippen LogP contribution in [0, 0.1) is 0 Å². The molecular formula is C13H20ClNO2S. The maximum absolute atomic E-state index is 11.6. The summed E-state index contributed by atoms with van der Waals surface area (Å²) in [5.74, 6) is -0.441. The molecule has 5 heteroatoms. The van der Waals surface area contributed by atoms with Gasteiger partial charge in [-0.3, -0.25) is 0 Å². The molecule has 0 aromatic heterocycles. The first-order valence-electron chi connectivity index (χ1n) is 5.83. The van der Waals surface area contributed by atoms with Gasteiger partial charge in [0.2, 0.25) is 0 Å². The topological polar surface area (TPSA) is 38.7 Å². The lowest BCUT2D eigenvalue weighted by Gasteiger charge is -2.07. The number of thioether (sulfide) groups is 1. The third-order valence-corrected chi connectivity index (χ3v) is 3.41. The molecule has 102 valence electrons. The number of carbonyl (C=O) groups excluding carboxylic acids is 1. The minimum Gasteiger partial charge on any atom is -0.462 e. The lowest BCUT2D eigenvalue weighted by Crippen LogP contribution is -2.12. The van der Waals surface area contributed by atoms with Crippen molar-refractivity contribution in [2.75, 3.05) is 12.9 Å². The van der Waals surface area contributed by atoms with Gasteiger partial charge in [0.25, 0.3) is 0 Å². The van der Waals surface area contributed by atoms with E-state index in [1.54, 1.807) is 19.9 Å². The Morgan fingerprint density at radius 1 is 1.44 bits per heavy atom. The highest BCUT2D eigenvalue weighted by Gasteiger charge is 2.15. The maximum atomic E-state index is 11.6. The van der Waals surface area contributed by atoms with Gasteiger partial charge in [0, 0.05) is 0 Å². The molecule has 0 amide bonds. The first kappa shape index (κ1) is 17.3. The molecule has 0 aliphatic carbocycles. The van der Waals surface area contributed by atoms with Crippen molar-refractivity contribution in [1.82, 2.24) is 0 Å². The van der Waals surface area contributed by atoms with Gasteiger partial charge < -0.3 is 4.74 Å². The van der Waals surface area contributed by atoms with Crippen molar-refractivity contribution in [3.05, 3.63) is 22.3 Å². The fourth-order valence-electron chi connectivity index (χ4n) is 1.15. The predicted octanol–water partition coefficient (Wildman–Crippen LogP) is 4.14. The summed E-state index contributed by atoms with van der Waals surface area (Å²) in [6.07, 6.45) is 4.44. The summed E-state index contributed by atoms with van der Waals surface area (Å²) in [4.78, 5) is 15.9. The first-order valence-corrected chi connectivity index (χ1v) is 7.43. The Kier molecular flexibility index (Phi) is 8.85. The van der Waals surface area contributed by atoms with E-state index in [1.807, 2.05) is 13.2 Å². The van der Waals surface area contributed by atoms with Crippen molar-refractivity contribution < 1.29 is 9.53 Å². The van der Waals surface area contributed by atoms with Crippen LogP contribution in [0.5, 0.6) is 0 Å². The van der Waals surface area contributed by atoms with Gasteiger partial charge in [-0.1, -0.05) is 24.6 Å². The van der Waals surface area contributed by atoms with Crippen LogP contribution in [0.4, 0.5) is 0 Å². The van der Waals surface area contributed by atoms with Gasteiger partial charge in [0.05, 0.1) is 17.2 Å². The standard InChI is InChI=1S/C13H20ClNO2S/c1-6-9(4)12(18-5)15-11(14)10(7-2)13(16)17-8-3/h7H,6,8H2,1-5H3/b10-7+,12-9?,15-11+. The molecule has 0 rings (SSSR count). The van der Waals surface area contributed by atoms with Gasteiger partial charge in [-0.05, 0) is 39.0 Å². The molecule has 0 spiro atoms. The van der Waals surface area contributed by atoms with Crippen molar-refractivity contribution in [3.8, 4) is 0 Å². The Balaban J connectivity index is 5.23. The molecule has 0 aromatic rings. The smallest absolute Gasteiger partial charge is 0.340 e. The summed E-state index contributed by atoms with van der Waals surface area (Å²) >= 11 is 7.60. The number of esters is 1. The summed E-state index contributed by atoms with van der Waals surface area (Å²) in [6, 6.07) is 0. The van der Waals surface area contributed by atoms with Gasteiger partial charge >= 0.3 is 5.97 Å². The van der Waals surface area contributed by atoms with E-state index in [1.165, 1.54) is 11.8 Å². The molecule has 0 aromatic carbocycles. The molecule has 0 bridgehead atoms. The number of halogens is 1. The molecule has 0 heterocycles. The van der Waals surface area contributed by atoms with Crippen LogP contribution < -0.4 is 0 Å². The Labute approximate surface area is 118 Å². The van der Waals surface area contributed by atoms with Gasteiger partial charge in [-0.2, -0.15) is 0 Å². The molecule has 18 heavy (non-hydrogen) atoms. The lowest BCUT2D eigenvalue weighted by molar-refractivity contribution is -0.137. The Morgan fingerprint density at radius 2 is 2.06 bits per heavy atom. The molecule has 0 aliphatic rings. The summed E-state index contributed by atoms with van der Waals surface area (Å²) in [5, 5.41) is 1.01. The predicted molar refractivity (Wildman–Crippen MR) is 80.2 cm³/mol. The highest BCUT2D eigenvalue weighted by atomic mass is 35.5. The van der Waals surface area contributed by atoms with E-state index < -0.39 is 5.97 Å². The second-order valence-electron chi connectivity index (χ2n) is 3.47. The summed E-state index contributed by atoms with van der Waals surface area (Å²) in [5.41, 5.74) is 1.44. The van der Waals surface area contributed by atoms with Gasteiger partial charge in [-0.25, -0.2) is 9.79 Å². The normalized spacial score (nSPS) is 14.3. The molecule has 0 aliphatic heterocycles. The monoisotopic (exact) mass is 289 g/mol. The van der Waals surface area contributed by atoms with Crippen LogP contribution in [0.3, 0.4) is 0 Å². The molecule has 0 radical (unpaired) electrons. The zero-order valence-corrected chi connectivity index (χ0v) is 13.1. The number of aliphatic imine (C=N–C) groups is 1. The van der Waals surface area contributed by atoms with Crippen molar-refractivity contribution in [1.29, 1.82) is 0 Å². The number of nitrogens with zero attached hydrogens (tertiary/aromatic N) is 1. The molecule has 0 saturated carbocycles. The summed E-state index contributed by atoms with van der Waals surface area (Å²) < 4.78 is 4.92. The third-order valence-electron chi connectivity index (χ3n) is 2.29. The number of hydrogen-bond donors (Lipinski definition) is 0. The van der Waals surface area contributed by atoms with Crippen LogP contribution in [-0.2, 0) is 9.53 Å². The largest absolute Gasteiger partial charge is 0.462 e. The number of rotatable bonds is 6. The second-order valence-corrected chi connectivity index (χ2v) is 4.62. The van der Waals surface area contributed by atoms with E-state index in [0.29, 0.717) is 12.2 Å². The minimum absolute atomic E-state index is 0.174. The van der Waals surface area contributed by atoms with Gasteiger partial charge in [0.15, 0.2) is 0 Å². The zero-order chi connectivity index (χ0) is 14.1. The molecule has 0 fully saturated rings. The second kappa shape index (κ2) is 9.22. The molecule has 3 nitrogen and oxygen atoms in total.